The van der Waals surface area contributed by atoms with Crippen molar-refractivity contribution in [3.05, 3.63) is 193 Å². The maximum atomic E-state index is 2.42. The third-order valence-electron chi connectivity index (χ3n) is 10.9. The van der Waals surface area contributed by atoms with Crippen LogP contribution in [0.5, 0.6) is 0 Å². The summed E-state index contributed by atoms with van der Waals surface area (Å²) in [6.45, 7) is 4.70. The molecule has 242 valence electrons. The highest BCUT2D eigenvalue weighted by Gasteiger charge is 2.35. The largest absolute Gasteiger partial charge is 0.310 e. The smallest absolute Gasteiger partial charge is 0.0547 e. The number of benzene rings is 8. The second kappa shape index (κ2) is 11.3. The lowest BCUT2D eigenvalue weighted by atomic mass is 9.82. The van der Waals surface area contributed by atoms with Gasteiger partial charge in [-0.05, 0) is 105 Å². The summed E-state index contributed by atoms with van der Waals surface area (Å²) in [5.41, 5.74) is 14.7. The molecule has 0 saturated heterocycles. The van der Waals surface area contributed by atoms with Crippen molar-refractivity contribution < 1.29 is 0 Å². The summed E-state index contributed by atoms with van der Waals surface area (Å²) in [4.78, 5) is 2.40. The van der Waals surface area contributed by atoms with Gasteiger partial charge in [0, 0.05) is 38.9 Å². The quantitative estimate of drug-likeness (QED) is 0.180. The third-order valence-corrected chi connectivity index (χ3v) is 10.9. The number of hydrogen-bond acceptors (Lipinski definition) is 1. The van der Waals surface area contributed by atoms with Crippen LogP contribution in [0.4, 0.5) is 17.1 Å². The Labute approximate surface area is 298 Å². The lowest BCUT2D eigenvalue weighted by Crippen LogP contribution is -2.16. The van der Waals surface area contributed by atoms with Crippen molar-refractivity contribution in [1.29, 1.82) is 0 Å². The van der Waals surface area contributed by atoms with E-state index < -0.39 is 0 Å². The van der Waals surface area contributed by atoms with E-state index in [9.17, 15) is 0 Å². The van der Waals surface area contributed by atoms with E-state index in [4.69, 9.17) is 0 Å². The normalized spacial score (nSPS) is 13.1. The maximum absolute atomic E-state index is 2.42. The molecule has 10 rings (SSSR count). The lowest BCUT2D eigenvalue weighted by molar-refractivity contribution is 0.660. The SMILES string of the molecule is CC1(C)c2ccccc2-c2ccc(N(c3ccccc3)c3cccc(-c4ccc5c6ccccc6n(-c6ccc7ccccc7c6)c5c4)c3)cc21. The Bertz CT molecular complexity index is 2790. The average molecular weight is 653 g/mol. The van der Waals surface area contributed by atoms with Crippen LogP contribution < -0.4 is 4.90 Å². The number of hydrogen-bond donors (Lipinski definition) is 0. The van der Waals surface area contributed by atoms with Crippen LogP contribution in [0.2, 0.25) is 0 Å². The Morgan fingerprint density at radius 1 is 0.412 bits per heavy atom. The van der Waals surface area contributed by atoms with Crippen molar-refractivity contribution in [2.75, 3.05) is 4.90 Å². The van der Waals surface area contributed by atoms with E-state index in [-0.39, 0.29) is 5.41 Å². The van der Waals surface area contributed by atoms with Gasteiger partial charge in [0.05, 0.1) is 11.0 Å². The molecule has 1 heterocycles. The summed E-state index contributed by atoms with van der Waals surface area (Å²) in [6, 6.07) is 66.7. The second-order valence-corrected chi connectivity index (χ2v) is 14.2. The number of para-hydroxylation sites is 2. The van der Waals surface area contributed by atoms with E-state index in [1.807, 2.05) is 0 Å². The van der Waals surface area contributed by atoms with Gasteiger partial charge in [0.2, 0.25) is 0 Å². The minimum atomic E-state index is -0.0783. The number of anilines is 3. The first-order valence-corrected chi connectivity index (χ1v) is 17.8. The molecule has 51 heavy (non-hydrogen) atoms. The van der Waals surface area contributed by atoms with Gasteiger partial charge < -0.3 is 9.47 Å². The lowest BCUT2D eigenvalue weighted by Gasteiger charge is -2.28. The molecular formula is C49H36N2. The first-order chi connectivity index (χ1) is 25.0. The molecule has 8 aromatic carbocycles. The molecule has 2 nitrogen and oxygen atoms in total. The second-order valence-electron chi connectivity index (χ2n) is 14.2. The Hall–Kier alpha value is -6.38. The molecule has 1 aromatic heterocycles. The fraction of sp³-hybridized carbons (Fsp3) is 0.0612. The zero-order chi connectivity index (χ0) is 34.1. The molecule has 1 aliphatic rings. The summed E-state index contributed by atoms with van der Waals surface area (Å²) in [7, 11) is 0. The van der Waals surface area contributed by atoms with Gasteiger partial charge in [0.1, 0.15) is 0 Å². The zero-order valence-corrected chi connectivity index (χ0v) is 28.7. The van der Waals surface area contributed by atoms with Crippen LogP contribution in [0.3, 0.4) is 0 Å². The summed E-state index contributed by atoms with van der Waals surface area (Å²) < 4.78 is 2.42. The molecule has 0 atom stereocenters. The Kier molecular flexibility index (Phi) is 6.56. The van der Waals surface area contributed by atoms with Gasteiger partial charge in [-0.15, -0.1) is 0 Å². The Morgan fingerprint density at radius 3 is 2.00 bits per heavy atom. The standard InChI is InChI=1S/C49H36N2/c1-49(2)45-21-10-8-19-41(45)42-28-26-40(32-46(42)49)50(37-16-4-3-5-17-37)38-18-12-15-35(30-38)36-24-27-44-43-20-9-11-22-47(43)51(48(44)31-36)39-25-23-33-13-6-7-14-34(33)29-39/h3-32H,1-2H3. The molecule has 0 saturated carbocycles. The molecule has 9 aromatic rings. The van der Waals surface area contributed by atoms with Crippen LogP contribution in [-0.4, -0.2) is 4.57 Å². The maximum Gasteiger partial charge on any atom is 0.0547 e. The van der Waals surface area contributed by atoms with E-state index in [2.05, 4.69) is 205 Å². The monoisotopic (exact) mass is 652 g/mol. The van der Waals surface area contributed by atoms with Crippen molar-refractivity contribution >= 4 is 49.6 Å². The van der Waals surface area contributed by atoms with E-state index in [1.165, 1.54) is 71.6 Å². The van der Waals surface area contributed by atoms with Crippen molar-refractivity contribution in [3.63, 3.8) is 0 Å². The third kappa shape index (κ3) is 4.64. The van der Waals surface area contributed by atoms with E-state index in [1.54, 1.807) is 0 Å². The molecule has 0 fully saturated rings. The predicted molar refractivity (Wildman–Crippen MR) is 216 cm³/mol. The highest BCUT2D eigenvalue weighted by Crippen LogP contribution is 2.50. The summed E-state index contributed by atoms with van der Waals surface area (Å²) in [5, 5.41) is 5.01. The molecule has 1 aliphatic carbocycles. The van der Waals surface area contributed by atoms with Gasteiger partial charge in [-0.1, -0.05) is 135 Å². The van der Waals surface area contributed by atoms with Crippen molar-refractivity contribution in [1.82, 2.24) is 4.57 Å². The number of rotatable bonds is 5. The van der Waals surface area contributed by atoms with Gasteiger partial charge in [-0.3, -0.25) is 0 Å². The molecule has 0 unspecified atom stereocenters. The van der Waals surface area contributed by atoms with Crippen molar-refractivity contribution in [3.8, 4) is 27.9 Å². The van der Waals surface area contributed by atoms with Gasteiger partial charge in [0.15, 0.2) is 0 Å². The van der Waals surface area contributed by atoms with Crippen LogP contribution in [-0.2, 0) is 5.41 Å². The molecule has 0 spiro atoms. The highest BCUT2D eigenvalue weighted by molar-refractivity contribution is 6.10. The first-order valence-electron chi connectivity index (χ1n) is 17.8. The van der Waals surface area contributed by atoms with Crippen LogP contribution in [0.15, 0.2) is 182 Å². The minimum Gasteiger partial charge on any atom is -0.310 e. The molecule has 0 aliphatic heterocycles. The number of nitrogens with zero attached hydrogens (tertiary/aromatic N) is 2. The summed E-state index contributed by atoms with van der Waals surface area (Å²) in [5.74, 6) is 0. The van der Waals surface area contributed by atoms with Crippen molar-refractivity contribution in [2.24, 2.45) is 0 Å². The van der Waals surface area contributed by atoms with Crippen LogP contribution >= 0.6 is 0 Å². The predicted octanol–water partition coefficient (Wildman–Crippen LogP) is 13.4. The van der Waals surface area contributed by atoms with Gasteiger partial charge in [-0.25, -0.2) is 0 Å². The number of fused-ring (bicyclic) bond motifs is 7. The molecule has 0 bridgehead atoms. The molecule has 2 heteroatoms. The van der Waals surface area contributed by atoms with Gasteiger partial charge >= 0.3 is 0 Å². The van der Waals surface area contributed by atoms with E-state index in [0.717, 1.165) is 17.1 Å². The molecular weight excluding hydrogens is 617 g/mol. The van der Waals surface area contributed by atoms with Crippen LogP contribution in [0.1, 0.15) is 25.0 Å². The topological polar surface area (TPSA) is 8.17 Å². The van der Waals surface area contributed by atoms with Crippen LogP contribution in [0.25, 0.3) is 60.5 Å². The summed E-state index contributed by atoms with van der Waals surface area (Å²) >= 11 is 0. The number of aromatic nitrogens is 1. The van der Waals surface area contributed by atoms with E-state index in [0.29, 0.717) is 0 Å². The summed E-state index contributed by atoms with van der Waals surface area (Å²) in [6.07, 6.45) is 0. The van der Waals surface area contributed by atoms with E-state index >= 15 is 0 Å². The van der Waals surface area contributed by atoms with Crippen LogP contribution in [0, 0.1) is 0 Å². The molecule has 0 amide bonds. The van der Waals surface area contributed by atoms with Gasteiger partial charge in [0.25, 0.3) is 0 Å². The van der Waals surface area contributed by atoms with Crippen molar-refractivity contribution in [2.45, 2.75) is 19.3 Å². The molecule has 0 N–H and O–H groups in total. The Balaban J connectivity index is 1.12. The highest BCUT2D eigenvalue weighted by atomic mass is 15.1. The molecule has 0 radical (unpaired) electrons. The zero-order valence-electron chi connectivity index (χ0n) is 28.7. The Morgan fingerprint density at radius 2 is 1.10 bits per heavy atom. The van der Waals surface area contributed by atoms with Gasteiger partial charge in [-0.2, -0.15) is 0 Å². The fourth-order valence-electron chi connectivity index (χ4n) is 8.42. The fourth-order valence-corrected chi connectivity index (χ4v) is 8.42. The minimum absolute atomic E-state index is 0.0783. The first kappa shape index (κ1) is 29.5. The average Bonchev–Trinajstić information content (AvgIpc) is 3.63.